The van der Waals surface area contributed by atoms with Crippen molar-refractivity contribution in [2.75, 3.05) is 26.4 Å². The number of unbranched alkanes of at least 4 members (excludes halogenated alkanes) is 18. The van der Waals surface area contributed by atoms with Crippen molar-refractivity contribution in [2.24, 2.45) is 5.73 Å². The summed E-state index contributed by atoms with van der Waals surface area (Å²) < 4.78 is 32.7. The van der Waals surface area contributed by atoms with Crippen molar-refractivity contribution < 1.29 is 37.6 Å². The van der Waals surface area contributed by atoms with Crippen molar-refractivity contribution in [3.05, 3.63) is 48.6 Å². The van der Waals surface area contributed by atoms with Crippen LogP contribution in [-0.4, -0.2) is 49.3 Å². The minimum Gasteiger partial charge on any atom is -0.462 e. The predicted molar refractivity (Wildman–Crippen MR) is 220 cm³/mol. The highest BCUT2D eigenvalue weighted by Gasteiger charge is 2.25. The number of rotatable bonds is 39. The summed E-state index contributed by atoms with van der Waals surface area (Å²) in [6.07, 6.45) is 44.3. The van der Waals surface area contributed by atoms with E-state index in [1.165, 1.54) is 83.5 Å². The van der Waals surface area contributed by atoms with Gasteiger partial charge in [-0.25, -0.2) is 4.57 Å². The van der Waals surface area contributed by atoms with E-state index >= 15 is 0 Å². The van der Waals surface area contributed by atoms with Crippen LogP contribution < -0.4 is 5.73 Å². The van der Waals surface area contributed by atoms with Gasteiger partial charge in [-0.05, 0) is 70.6 Å². The minimum absolute atomic E-state index is 0.0439. The molecule has 2 atom stereocenters. The van der Waals surface area contributed by atoms with Gasteiger partial charge in [0.2, 0.25) is 0 Å². The van der Waals surface area contributed by atoms with Gasteiger partial charge >= 0.3 is 19.8 Å². The molecule has 0 rings (SSSR count). The lowest BCUT2D eigenvalue weighted by atomic mass is 10.1. The summed E-state index contributed by atoms with van der Waals surface area (Å²) in [5.41, 5.74) is 5.34. The fraction of sp³-hybridized carbons (Fsp3) is 0.767. The maximum absolute atomic E-state index is 12.5. The Bertz CT molecular complexity index is 1010. The molecule has 0 aromatic carbocycles. The molecule has 0 fully saturated rings. The molecule has 0 aromatic heterocycles. The summed E-state index contributed by atoms with van der Waals surface area (Å²) in [6, 6.07) is 0. The van der Waals surface area contributed by atoms with Crippen molar-refractivity contribution >= 4 is 19.8 Å². The quantitative estimate of drug-likeness (QED) is 0.0271. The van der Waals surface area contributed by atoms with Gasteiger partial charge in [0, 0.05) is 19.4 Å². The highest BCUT2D eigenvalue weighted by Crippen LogP contribution is 2.43. The van der Waals surface area contributed by atoms with Crippen LogP contribution in [0.15, 0.2) is 48.6 Å². The summed E-state index contributed by atoms with van der Waals surface area (Å²) in [6.45, 7) is 3.63. The fourth-order valence-electron chi connectivity index (χ4n) is 5.53. The number of phosphoric acid groups is 1. The van der Waals surface area contributed by atoms with Crippen LogP contribution in [0.5, 0.6) is 0 Å². The fourth-order valence-corrected chi connectivity index (χ4v) is 6.29. The van der Waals surface area contributed by atoms with E-state index in [4.69, 9.17) is 24.3 Å². The second-order valence-corrected chi connectivity index (χ2v) is 15.3. The Morgan fingerprint density at radius 3 is 1.53 bits per heavy atom. The van der Waals surface area contributed by atoms with Crippen LogP contribution in [0.1, 0.15) is 181 Å². The van der Waals surface area contributed by atoms with Gasteiger partial charge in [0.1, 0.15) is 6.61 Å². The molecule has 9 nitrogen and oxygen atoms in total. The van der Waals surface area contributed by atoms with Gasteiger partial charge in [-0.1, -0.05) is 146 Å². The summed E-state index contributed by atoms with van der Waals surface area (Å²) in [4.78, 5) is 34.8. The molecule has 0 saturated heterocycles. The van der Waals surface area contributed by atoms with E-state index in [1.807, 2.05) is 0 Å². The highest BCUT2D eigenvalue weighted by molar-refractivity contribution is 7.47. The molecule has 0 spiro atoms. The third-order valence-corrected chi connectivity index (χ3v) is 9.67. The first kappa shape index (κ1) is 51.0. The molecule has 1 unspecified atom stereocenters. The van der Waals surface area contributed by atoms with E-state index in [0.717, 1.165) is 57.8 Å². The Hall–Kier alpha value is -2.03. The molecule has 0 heterocycles. The first-order valence-corrected chi connectivity index (χ1v) is 22.6. The van der Waals surface area contributed by atoms with Gasteiger partial charge in [-0.15, -0.1) is 0 Å². The second-order valence-electron chi connectivity index (χ2n) is 13.8. The van der Waals surface area contributed by atoms with Crippen LogP contribution in [0.2, 0.25) is 0 Å². The number of nitrogens with two attached hydrogens (primary N) is 1. The number of carbonyl (C=O) groups is 2. The molecule has 3 N–H and O–H groups in total. The topological polar surface area (TPSA) is 134 Å². The monoisotopic (exact) mass is 768 g/mol. The van der Waals surface area contributed by atoms with Crippen LogP contribution in [0.4, 0.5) is 0 Å². The number of hydrogen-bond donors (Lipinski definition) is 2. The normalized spacial score (nSPS) is 13.8. The van der Waals surface area contributed by atoms with Gasteiger partial charge in [-0.2, -0.15) is 0 Å². The number of esters is 2. The second kappa shape index (κ2) is 39.7. The molecule has 0 bridgehead atoms. The number of ether oxygens (including phenoxy) is 2. The van der Waals surface area contributed by atoms with Crippen LogP contribution in [0.25, 0.3) is 0 Å². The Balaban J connectivity index is 4.26. The molecule has 308 valence electrons. The summed E-state index contributed by atoms with van der Waals surface area (Å²) in [5, 5.41) is 0. The molecule has 0 aromatic rings. The predicted octanol–water partition coefficient (Wildman–Crippen LogP) is 11.9. The van der Waals surface area contributed by atoms with E-state index in [-0.39, 0.29) is 32.6 Å². The van der Waals surface area contributed by atoms with E-state index in [2.05, 4.69) is 62.5 Å². The van der Waals surface area contributed by atoms with Gasteiger partial charge in [0.25, 0.3) is 0 Å². The average Bonchev–Trinajstić information content (AvgIpc) is 3.14. The molecule has 0 aliphatic heterocycles. The van der Waals surface area contributed by atoms with Crippen LogP contribution in [-0.2, 0) is 32.7 Å². The number of carbonyl (C=O) groups excluding carboxylic acids is 2. The lowest BCUT2D eigenvalue weighted by molar-refractivity contribution is -0.161. The maximum Gasteiger partial charge on any atom is 0.472 e. The zero-order valence-corrected chi connectivity index (χ0v) is 34.6. The number of allylic oxidation sites excluding steroid dienone is 8. The molecule has 10 heteroatoms. The molecule has 0 saturated carbocycles. The molecule has 0 aliphatic carbocycles. The number of phosphoric ester groups is 1. The van der Waals surface area contributed by atoms with Crippen molar-refractivity contribution in [2.45, 2.75) is 187 Å². The van der Waals surface area contributed by atoms with E-state index in [1.54, 1.807) is 0 Å². The average molecular weight is 768 g/mol. The van der Waals surface area contributed by atoms with Crippen LogP contribution in [0.3, 0.4) is 0 Å². The zero-order chi connectivity index (χ0) is 38.9. The van der Waals surface area contributed by atoms with Crippen molar-refractivity contribution in [1.82, 2.24) is 0 Å². The Labute approximate surface area is 324 Å². The maximum atomic E-state index is 12.5. The zero-order valence-electron chi connectivity index (χ0n) is 33.7. The summed E-state index contributed by atoms with van der Waals surface area (Å²) in [5.74, 6) is -0.899. The van der Waals surface area contributed by atoms with Gasteiger partial charge in [-0.3, -0.25) is 18.6 Å². The van der Waals surface area contributed by atoms with Gasteiger partial charge in [0.15, 0.2) is 6.10 Å². The van der Waals surface area contributed by atoms with Crippen molar-refractivity contribution in [1.29, 1.82) is 0 Å². The van der Waals surface area contributed by atoms with Crippen LogP contribution >= 0.6 is 7.82 Å². The van der Waals surface area contributed by atoms with Crippen LogP contribution in [0, 0.1) is 0 Å². The smallest absolute Gasteiger partial charge is 0.462 e. The third-order valence-electron chi connectivity index (χ3n) is 8.69. The summed E-state index contributed by atoms with van der Waals surface area (Å²) in [7, 11) is -4.39. The standard InChI is InChI=1S/C43H78NO8P/c1-3-5-7-9-11-13-15-17-19-20-22-24-26-28-30-32-34-36-43(46)52-41(40-51-53(47,48)50-38-37-44)39-49-42(45)35-33-31-29-27-25-23-21-18-16-14-12-10-8-6-4-2/h12,14,18,21-22,24,28,30,41H,3-11,13,15-17,19-20,23,25-27,29,31-40,44H2,1-2H3,(H,47,48)/b14-12+,21-18+,24-22+,30-28+/t41-/m1/s1. The van der Waals surface area contributed by atoms with E-state index in [9.17, 15) is 19.0 Å². The lowest BCUT2D eigenvalue weighted by Crippen LogP contribution is -2.29. The molecule has 0 aliphatic rings. The molecular formula is C43H78NO8P. The number of hydrogen-bond acceptors (Lipinski definition) is 8. The van der Waals surface area contributed by atoms with Crippen molar-refractivity contribution in [3.8, 4) is 0 Å². The summed E-state index contributed by atoms with van der Waals surface area (Å²) >= 11 is 0. The lowest BCUT2D eigenvalue weighted by Gasteiger charge is -2.19. The SMILES string of the molecule is CCCCC/C=C/C/C=C/CCCCCCCC(=O)OC[C@H](COP(=O)(O)OCCN)OC(=O)CCC/C=C/C/C=C/CCCCCCCCCCC. The minimum atomic E-state index is -4.39. The van der Waals surface area contributed by atoms with Gasteiger partial charge in [0.05, 0.1) is 13.2 Å². The van der Waals surface area contributed by atoms with Gasteiger partial charge < -0.3 is 20.1 Å². The third kappa shape index (κ3) is 39.5. The van der Waals surface area contributed by atoms with Crippen molar-refractivity contribution in [3.63, 3.8) is 0 Å². The Kier molecular flexibility index (Phi) is 38.1. The molecular weight excluding hydrogens is 689 g/mol. The largest absolute Gasteiger partial charge is 0.472 e. The highest BCUT2D eigenvalue weighted by atomic mass is 31.2. The van der Waals surface area contributed by atoms with E-state index < -0.39 is 32.5 Å². The molecule has 0 radical (unpaired) electrons. The first-order chi connectivity index (χ1) is 25.8. The Morgan fingerprint density at radius 1 is 0.566 bits per heavy atom. The Morgan fingerprint density at radius 2 is 1.00 bits per heavy atom. The van der Waals surface area contributed by atoms with E-state index in [0.29, 0.717) is 12.8 Å². The molecule has 0 amide bonds. The molecule has 53 heavy (non-hydrogen) atoms. The first-order valence-electron chi connectivity index (χ1n) is 21.1.